The third-order valence-electron chi connectivity index (χ3n) is 1.40. The van der Waals surface area contributed by atoms with Crippen molar-refractivity contribution in [1.29, 1.82) is 0 Å². The first-order chi connectivity index (χ1) is 5.56. The summed E-state index contributed by atoms with van der Waals surface area (Å²) < 4.78 is 0. The van der Waals surface area contributed by atoms with Crippen molar-refractivity contribution < 1.29 is 0 Å². The zero-order chi connectivity index (χ0) is 9.56. The lowest BCUT2D eigenvalue weighted by atomic mass is 10.2. The van der Waals surface area contributed by atoms with Crippen LogP contribution < -0.4 is 0 Å². The summed E-state index contributed by atoms with van der Waals surface area (Å²) in [7, 11) is 0. The topological polar surface area (TPSA) is 3.24 Å². The maximum atomic E-state index is 3.74. The Labute approximate surface area is 76.8 Å². The Morgan fingerprint density at radius 2 is 2.00 bits per heavy atom. The monoisotopic (exact) mass is 167 g/mol. The van der Waals surface area contributed by atoms with E-state index < -0.39 is 0 Å². The Morgan fingerprint density at radius 1 is 1.42 bits per heavy atom. The second kappa shape index (κ2) is 5.87. The molecule has 0 spiro atoms. The second-order valence-corrected chi connectivity index (χ2v) is 3.84. The fourth-order valence-corrected chi connectivity index (χ4v) is 1.18. The van der Waals surface area contributed by atoms with Crippen molar-refractivity contribution in [2.75, 3.05) is 13.1 Å². The Kier molecular flexibility index (Phi) is 5.52. The zero-order valence-corrected chi connectivity index (χ0v) is 8.80. The van der Waals surface area contributed by atoms with Crippen LogP contribution in [-0.4, -0.2) is 18.0 Å². The van der Waals surface area contributed by atoms with Crippen molar-refractivity contribution in [3.05, 3.63) is 24.4 Å². The van der Waals surface area contributed by atoms with E-state index in [1.54, 1.807) is 0 Å². The minimum atomic E-state index is 0.709. The molecule has 0 amide bonds. The van der Waals surface area contributed by atoms with Gasteiger partial charge in [-0.25, -0.2) is 0 Å². The number of nitrogens with zero attached hydrogens (tertiary/aromatic N) is 1. The van der Waals surface area contributed by atoms with Crippen LogP contribution in [0, 0.1) is 5.92 Å². The van der Waals surface area contributed by atoms with Crippen LogP contribution in [0.4, 0.5) is 0 Å². The highest BCUT2D eigenvalue weighted by Gasteiger charge is 1.99. The van der Waals surface area contributed by atoms with Crippen LogP contribution in [0.5, 0.6) is 0 Å². The average molecular weight is 167 g/mol. The van der Waals surface area contributed by atoms with Gasteiger partial charge in [0, 0.05) is 13.1 Å². The third kappa shape index (κ3) is 6.02. The molecule has 0 aliphatic carbocycles. The Balaban J connectivity index is 4.03. The molecule has 0 rings (SSSR count). The SMILES string of the molecule is C=CCN(C=C(C)C)CC(C)C. The van der Waals surface area contributed by atoms with Gasteiger partial charge in [-0.1, -0.05) is 25.5 Å². The maximum Gasteiger partial charge on any atom is 0.0351 e. The summed E-state index contributed by atoms with van der Waals surface area (Å²) in [5, 5.41) is 0. The van der Waals surface area contributed by atoms with Gasteiger partial charge < -0.3 is 4.90 Å². The molecule has 0 radical (unpaired) electrons. The van der Waals surface area contributed by atoms with Crippen LogP contribution in [0.1, 0.15) is 27.7 Å². The number of rotatable bonds is 5. The lowest BCUT2D eigenvalue weighted by molar-refractivity contribution is 0.358. The molecule has 0 aromatic carbocycles. The van der Waals surface area contributed by atoms with Gasteiger partial charge >= 0.3 is 0 Å². The van der Waals surface area contributed by atoms with Gasteiger partial charge in [-0.15, -0.1) is 6.58 Å². The molecule has 1 nitrogen and oxygen atoms in total. The molecule has 0 fully saturated rings. The smallest absolute Gasteiger partial charge is 0.0351 e. The Bertz CT molecular complexity index is 152. The Morgan fingerprint density at radius 3 is 2.33 bits per heavy atom. The molecule has 0 heterocycles. The van der Waals surface area contributed by atoms with E-state index in [0.717, 1.165) is 13.1 Å². The standard InChI is InChI=1S/C11H21N/c1-6-7-12(8-10(2)3)9-11(4)5/h6,8,11H,1,7,9H2,2-5H3. The predicted octanol–water partition coefficient (Wildman–Crippen LogP) is 3.05. The van der Waals surface area contributed by atoms with Crippen molar-refractivity contribution in [2.24, 2.45) is 5.92 Å². The van der Waals surface area contributed by atoms with Crippen molar-refractivity contribution in [2.45, 2.75) is 27.7 Å². The summed E-state index contributed by atoms with van der Waals surface area (Å²) in [5.74, 6) is 0.709. The lowest BCUT2D eigenvalue weighted by Gasteiger charge is -2.21. The number of hydrogen-bond acceptors (Lipinski definition) is 1. The van der Waals surface area contributed by atoms with Gasteiger partial charge in [0.15, 0.2) is 0 Å². The van der Waals surface area contributed by atoms with Gasteiger partial charge in [0.2, 0.25) is 0 Å². The molecular formula is C11H21N. The predicted molar refractivity (Wildman–Crippen MR) is 56.0 cm³/mol. The quantitative estimate of drug-likeness (QED) is 0.569. The summed E-state index contributed by atoms with van der Waals surface area (Å²) in [6.45, 7) is 14.5. The summed E-state index contributed by atoms with van der Waals surface area (Å²) in [6.07, 6.45) is 4.14. The lowest BCUT2D eigenvalue weighted by Crippen LogP contribution is -2.22. The average Bonchev–Trinajstić information content (AvgIpc) is 1.84. The van der Waals surface area contributed by atoms with E-state index in [2.05, 4.69) is 45.4 Å². The molecule has 0 saturated carbocycles. The molecule has 0 aromatic heterocycles. The molecule has 1 heteroatoms. The van der Waals surface area contributed by atoms with E-state index in [-0.39, 0.29) is 0 Å². The van der Waals surface area contributed by atoms with Gasteiger partial charge in [-0.05, 0) is 26.0 Å². The minimum absolute atomic E-state index is 0.709. The highest BCUT2D eigenvalue weighted by molar-refractivity contribution is 4.94. The van der Waals surface area contributed by atoms with Gasteiger partial charge in [0.25, 0.3) is 0 Å². The van der Waals surface area contributed by atoms with Crippen LogP contribution in [0.25, 0.3) is 0 Å². The summed E-state index contributed by atoms with van der Waals surface area (Å²) in [5.41, 5.74) is 1.34. The van der Waals surface area contributed by atoms with Gasteiger partial charge in [0.05, 0.1) is 0 Å². The van der Waals surface area contributed by atoms with Gasteiger partial charge in [0.1, 0.15) is 0 Å². The zero-order valence-electron chi connectivity index (χ0n) is 8.80. The highest BCUT2D eigenvalue weighted by Crippen LogP contribution is 2.02. The molecule has 0 bridgehead atoms. The molecule has 12 heavy (non-hydrogen) atoms. The normalized spacial score (nSPS) is 9.75. The minimum Gasteiger partial charge on any atom is -0.373 e. The molecule has 0 aliphatic heterocycles. The fraction of sp³-hybridized carbons (Fsp3) is 0.636. The fourth-order valence-electron chi connectivity index (χ4n) is 1.18. The molecule has 0 N–H and O–H groups in total. The molecule has 0 aliphatic rings. The van der Waals surface area contributed by atoms with Crippen molar-refractivity contribution >= 4 is 0 Å². The molecule has 0 unspecified atom stereocenters. The third-order valence-corrected chi connectivity index (χ3v) is 1.40. The summed E-state index contributed by atoms with van der Waals surface area (Å²) >= 11 is 0. The molecule has 0 atom stereocenters. The highest BCUT2D eigenvalue weighted by atomic mass is 15.1. The van der Waals surface area contributed by atoms with E-state index in [1.807, 2.05) is 6.08 Å². The molecule has 0 aromatic rings. The summed E-state index contributed by atoms with van der Waals surface area (Å²) in [4.78, 5) is 2.30. The van der Waals surface area contributed by atoms with E-state index in [0.29, 0.717) is 5.92 Å². The maximum absolute atomic E-state index is 3.74. The van der Waals surface area contributed by atoms with E-state index in [1.165, 1.54) is 5.57 Å². The molecule has 0 saturated heterocycles. The molecular weight excluding hydrogens is 146 g/mol. The van der Waals surface area contributed by atoms with Crippen LogP contribution in [0.3, 0.4) is 0 Å². The second-order valence-electron chi connectivity index (χ2n) is 3.84. The largest absolute Gasteiger partial charge is 0.373 e. The number of hydrogen-bond donors (Lipinski definition) is 0. The first-order valence-electron chi connectivity index (χ1n) is 4.56. The molecule has 70 valence electrons. The van der Waals surface area contributed by atoms with Crippen molar-refractivity contribution in [3.8, 4) is 0 Å². The van der Waals surface area contributed by atoms with Crippen LogP contribution in [0.15, 0.2) is 24.4 Å². The van der Waals surface area contributed by atoms with Crippen molar-refractivity contribution in [3.63, 3.8) is 0 Å². The first-order valence-corrected chi connectivity index (χ1v) is 4.56. The van der Waals surface area contributed by atoms with Gasteiger partial charge in [-0.3, -0.25) is 0 Å². The van der Waals surface area contributed by atoms with Crippen LogP contribution >= 0.6 is 0 Å². The number of allylic oxidation sites excluding steroid dienone is 1. The van der Waals surface area contributed by atoms with E-state index in [4.69, 9.17) is 0 Å². The summed E-state index contributed by atoms with van der Waals surface area (Å²) in [6, 6.07) is 0. The Hall–Kier alpha value is -0.720. The van der Waals surface area contributed by atoms with Crippen LogP contribution in [0.2, 0.25) is 0 Å². The van der Waals surface area contributed by atoms with Gasteiger partial charge in [-0.2, -0.15) is 0 Å². The van der Waals surface area contributed by atoms with Crippen LogP contribution in [-0.2, 0) is 0 Å². The van der Waals surface area contributed by atoms with E-state index >= 15 is 0 Å². The van der Waals surface area contributed by atoms with E-state index in [9.17, 15) is 0 Å². The first kappa shape index (κ1) is 11.3. The van der Waals surface area contributed by atoms with Crippen molar-refractivity contribution in [1.82, 2.24) is 4.90 Å².